The van der Waals surface area contributed by atoms with Gasteiger partial charge >= 0.3 is 0 Å². The first kappa shape index (κ1) is 6.77. The molecule has 1 saturated carbocycles. The third kappa shape index (κ3) is 0.934. The van der Waals surface area contributed by atoms with E-state index >= 15 is 0 Å². The van der Waals surface area contributed by atoms with Crippen LogP contribution in [0.3, 0.4) is 0 Å². The predicted molar refractivity (Wildman–Crippen MR) is 39.9 cm³/mol. The lowest BCUT2D eigenvalue weighted by molar-refractivity contribution is -0.110. The molecule has 1 atom stereocenters. The van der Waals surface area contributed by atoms with Crippen molar-refractivity contribution in [3.63, 3.8) is 0 Å². The Hall–Kier alpha value is -0.920. The van der Waals surface area contributed by atoms with Crippen LogP contribution in [-0.4, -0.2) is 11.5 Å². The summed E-state index contributed by atoms with van der Waals surface area (Å²) >= 11 is 0. The van der Waals surface area contributed by atoms with Crippen LogP contribution < -0.4 is 0 Å². The number of hydrogen-bond acceptors (Lipinski definition) is 1. The Kier molecular flexibility index (Phi) is 1.25. The quantitative estimate of drug-likeness (QED) is 0.518. The molecule has 0 bridgehead atoms. The molecule has 0 aromatic heterocycles. The summed E-state index contributed by atoms with van der Waals surface area (Å²) in [7, 11) is 0. The molecule has 0 spiro atoms. The fourth-order valence-corrected chi connectivity index (χ4v) is 1.72. The van der Waals surface area contributed by atoms with Gasteiger partial charge in [0, 0.05) is 0 Å². The molecule has 58 valence electrons. The summed E-state index contributed by atoms with van der Waals surface area (Å²) < 4.78 is 13.6. The van der Waals surface area contributed by atoms with Crippen molar-refractivity contribution in [2.45, 2.75) is 24.9 Å². The van der Waals surface area contributed by atoms with Crippen molar-refractivity contribution in [3.8, 4) is 0 Å². The zero-order valence-electron chi connectivity index (χ0n) is 6.14. The topological polar surface area (TPSA) is 17.1 Å². The number of allylic oxidation sites excluding steroid dienone is 4. The second-order valence-corrected chi connectivity index (χ2v) is 3.12. The molecule has 2 aliphatic carbocycles. The van der Waals surface area contributed by atoms with Gasteiger partial charge in [-0.15, -0.1) is 0 Å². The van der Waals surface area contributed by atoms with Gasteiger partial charge in [-0.05, 0) is 43.1 Å². The fourth-order valence-electron chi connectivity index (χ4n) is 1.72. The van der Waals surface area contributed by atoms with Crippen LogP contribution >= 0.6 is 0 Å². The lowest BCUT2D eigenvalue weighted by atomic mass is 9.93. The smallest absolute Gasteiger partial charge is 0.178 e. The Morgan fingerprint density at radius 1 is 1.55 bits per heavy atom. The van der Waals surface area contributed by atoms with E-state index in [0.717, 1.165) is 12.8 Å². The van der Waals surface area contributed by atoms with Crippen molar-refractivity contribution in [3.05, 3.63) is 23.8 Å². The highest BCUT2D eigenvalue weighted by Gasteiger charge is 2.38. The molecule has 2 rings (SSSR count). The van der Waals surface area contributed by atoms with Crippen LogP contribution in [0.25, 0.3) is 0 Å². The highest BCUT2D eigenvalue weighted by molar-refractivity contribution is 6.01. The molecule has 0 aromatic rings. The van der Waals surface area contributed by atoms with Crippen molar-refractivity contribution in [2.75, 3.05) is 0 Å². The van der Waals surface area contributed by atoms with Gasteiger partial charge in [-0.1, -0.05) is 0 Å². The number of carbonyl (C=O) groups is 1. The number of hydrogen-bond donors (Lipinski definition) is 0. The molecule has 0 amide bonds. The van der Waals surface area contributed by atoms with Gasteiger partial charge in [-0.25, -0.2) is 4.39 Å². The summed E-state index contributed by atoms with van der Waals surface area (Å²) in [5.41, 5.74) is -0.599. The number of alkyl halides is 1. The van der Waals surface area contributed by atoms with Crippen molar-refractivity contribution in [2.24, 2.45) is 0 Å². The number of carbonyl (C=O) groups excluding carboxylic acids is 1. The van der Waals surface area contributed by atoms with E-state index in [2.05, 4.69) is 0 Å². The molecule has 0 aromatic carbocycles. The van der Waals surface area contributed by atoms with E-state index in [4.69, 9.17) is 0 Å². The maximum Gasteiger partial charge on any atom is 0.178 e. The standard InChI is InChI=1S/C9H9FO/c10-9-4-1-2-7(9)6-8(11)3-5-9/h3,5-6H,1-2,4H2/t9-/m1/s1. The molecular formula is C9H9FO. The Balaban J connectivity index is 2.41. The molecule has 0 unspecified atom stereocenters. The van der Waals surface area contributed by atoms with Crippen LogP contribution in [0.4, 0.5) is 4.39 Å². The highest BCUT2D eigenvalue weighted by Crippen LogP contribution is 2.41. The Labute approximate surface area is 64.6 Å². The summed E-state index contributed by atoms with van der Waals surface area (Å²) in [6.07, 6.45) is 6.31. The van der Waals surface area contributed by atoms with Crippen molar-refractivity contribution < 1.29 is 9.18 Å². The Morgan fingerprint density at radius 3 is 3.18 bits per heavy atom. The first-order valence-electron chi connectivity index (χ1n) is 3.84. The number of halogens is 1. The van der Waals surface area contributed by atoms with Crippen molar-refractivity contribution in [1.82, 2.24) is 0 Å². The van der Waals surface area contributed by atoms with Crippen molar-refractivity contribution >= 4 is 5.78 Å². The predicted octanol–water partition coefficient (Wildman–Crippen LogP) is 1.94. The summed E-state index contributed by atoms with van der Waals surface area (Å²) in [4.78, 5) is 10.8. The summed E-state index contributed by atoms with van der Waals surface area (Å²) in [6.45, 7) is 0. The van der Waals surface area contributed by atoms with Gasteiger partial charge in [0.1, 0.15) is 0 Å². The van der Waals surface area contributed by atoms with Crippen LogP contribution in [-0.2, 0) is 4.79 Å². The molecule has 2 heteroatoms. The van der Waals surface area contributed by atoms with E-state index in [-0.39, 0.29) is 5.78 Å². The van der Waals surface area contributed by atoms with Gasteiger partial charge in [0.05, 0.1) is 0 Å². The van der Waals surface area contributed by atoms with Gasteiger partial charge in [-0.3, -0.25) is 4.79 Å². The van der Waals surface area contributed by atoms with Crippen LogP contribution in [0.5, 0.6) is 0 Å². The first-order chi connectivity index (χ1) is 5.21. The van der Waals surface area contributed by atoms with Crippen molar-refractivity contribution in [1.29, 1.82) is 0 Å². The largest absolute Gasteiger partial charge is 0.290 e. The zero-order chi connectivity index (χ0) is 7.90. The van der Waals surface area contributed by atoms with Crippen LogP contribution in [0.1, 0.15) is 19.3 Å². The zero-order valence-corrected chi connectivity index (χ0v) is 6.14. The van der Waals surface area contributed by atoms with E-state index in [1.54, 1.807) is 0 Å². The second kappa shape index (κ2) is 2.03. The van der Waals surface area contributed by atoms with Crippen LogP contribution in [0.15, 0.2) is 23.8 Å². The molecule has 0 heterocycles. The molecule has 1 nitrogen and oxygen atoms in total. The molecule has 0 radical (unpaired) electrons. The van der Waals surface area contributed by atoms with E-state index < -0.39 is 5.67 Å². The SMILES string of the molecule is O=C1C=C[C@]2(F)CCCC2=C1. The Morgan fingerprint density at radius 2 is 2.36 bits per heavy atom. The first-order valence-corrected chi connectivity index (χ1v) is 3.84. The maximum atomic E-state index is 13.6. The highest BCUT2D eigenvalue weighted by atomic mass is 19.1. The minimum Gasteiger partial charge on any atom is -0.290 e. The second-order valence-electron chi connectivity index (χ2n) is 3.12. The molecule has 0 N–H and O–H groups in total. The molecule has 2 aliphatic rings. The van der Waals surface area contributed by atoms with Gasteiger partial charge < -0.3 is 0 Å². The normalized spacial score (nSPS) is 35.4. The van der Waals surface area contributed by atoms with Crippen LogP contribution in [0.2, 0.25) is 0 Å². The molecule has 0 aliphatic heterocycles. The molecule has 0 saturated heterocycles. The van der Waals surface area contributed by atoms with E-state index in [1.165, 1.54) is 18.2 Å². The molecule has 11 heavy (non-hydrogen) atoms. The van der Waals surface area contributed by atoms with Gasteiger partial charge in [0.25, 0.3) is 0 Å². The summed E-state index contributed by atoms with van der Waals surface area (Å²) in [5, 5.41) is 0. The van der Waals surface area contributed by atoms with E-state index in [9.17, 15) is 9.18 Å². The average Bonchev–Trinajstić information content (AvgIpc) is 2.31. The number of ketones is 1. The van der Waals surface area contributed by atoms with E-state index in [0.29, 0.717) is 12.0 Å². The minimum atomic E-state index is -1.27. The van der Waals surface area contributed by atoms with Gasteiger partial charge in [0.2, 0.25) is 0 Å². The fraction of sp³-hybridized carbons (Fsp3) is 0.444. The number of fused-ring (bicyclic) bond motifs is 1. The summed E-state index contributed by atoms with van der Waals surface area (Å²) in [6, 6.07) is 0. The maximum absolute atomic E-state index is 13.6. The monoisotopic (exact) mass is 152 g/mol. The molecular weight excluding hydrogens is 143 g/mol. The van der Waals surface area contributed by atoms with Gasteiger partial charge in [0.15, 0.2) is 11.5 Å². The molecule has 1 fully saturated rings. The third-order valence-corrected chi connectivity index (χ3v) is 2.35. The van der Waals surface area contributed by atoms with E-state index in [1.807, 2.05) is 0 Å². The van der Waals surface area contributed by atoms with Gasteiger partial charge in [-0.2, -0.15) is 0 Å². The Bertz CT molecular complexity index is 265. The average molecular weight is 152 g/mol. The lowest BCUT2D eigenvalue weighted by Crippen LogP contribution is -2.20. The number of rotatable bonds is 0. The third-order valence-electron chi connectivity index (χ3n) is 2.35. The minimum absolute atomic E-state index is 0.0739. The summed E-state index contributed by atoms with van der Waals surface area (Å²) in [5.74, 6) is -0.0739. The van der Waals surface area contributed by atoms with Crippen LogP contribution in [0, 0.1) is 0 Å². The lowest BCUT2D eigenvalue weighted by Gasteiger charge is -2.18.